The molecular weight excluding hydrogens is 270 g/mol. The molecule has 3 fully saturated rings. The van der Waals surface area contributed by atoms with Crippen molar-refractivity contribution in [1.82, 2.24) is 10.6 Å². The minimum absolute atomic E-state index is 0. The van der Waals surface area contributed by atoms with Gasteiger partial charge >= 0.3 is 0 Å². The van der Waals surface area contributed by atoms with Gasteiger partial charge in [0.1, 0.15) is 0 Å². The molecule has 0 amide bonds. The summed E-state index contributed by atoms with van der Waals surface area (Å²) in [6, 6.07) is 0. The van der Waals surface area contributed by atoms with Crippen molar-refractivity contribution in [2.24, 2.45) is 22.7 Å². The van der Waals surface area contributed by atoms with E-state index in [1.54, 1.807) is 0 Å². The van der Waals surface area contributed by atoms with E-state index in [0.29, 0.717) is 0 Å². The van der Waals surface area contributed by atoms with Gasteiger partial charge in [0.2, 0.25) is 0 Å². The highest BCUT2D eigenvalue weighted by Gasteiger charge is 2.19. The molecule has 0 aromatic heterocycles. The van der Waals surface area contributed by atoms with Crippen LogP contribution in [0.1, 0.15) is 66.2 Å². The van der Waals surface area contributed by atoms with Crippen LogP contribution in [0.15, 0.2) is 4.99 Å². The maximum Gasteiger partial charge on any atom is 0.0273 e. The van der Waals surface area contributed by atoms with E-state index < -0.39 is 0 Å². The Morgan fingerprint density at radius 3 is 1.50 bits per heavy atom. The molecule has 3 heteroatoms. The van der Waals surface area contributed by atoms with Gasteiger partial charge in [-0.15, -0.1) is 0 Å². The van der Waals surface area contributed by atoms with Gasteiger partial charge in [0.05, 0.1) is 0 Å². The van der Waals surface area contributed by atoms with E-state index in [9.17, 15) is 0 Å². The molecule has 2 N–H and O–H groups in total. The highest BCUT2D eigenvalue weighted by atomic mass is 14.8. The zero-order chi connectivity index (χ0) is 14.6. The minimum atomic E-state index is 0. The fourth-order valence-corrected chi connectivity index (χ4v) is 2.20. The molecule has 134 valence electrons. The van der Waals surface area contributed by atoms with Gasteiger partial charge < -0.3 is 15.6 Å². The SMILES string of the molecule is C.C.CN=CCC1CC1.CNCC1CC1.CNCC1CCC1. The molecule has 0 spiro atoms. The van der Waals surface area contributed by atoms with E-state index >= 15 is 0 Å². The average molecular weight is 314 g/mol. The van der Waals surface area contributed by atoms with Crippen LogP contribution in [-0.2, 0) is 0 Å². The second-order valence-corrected chi connectivity index (χ2v) is 6.48. The van der Waals surface area contributed by atoms with Crippen LogP contribution in [0.3, 0.4) is 0 Å². The van der Waals surface area contributed by atoms with Gasteiger partial charge in [0, 0.05) is 7.05 Å². The summed E-state index contributed by atoms with van der Waals surface area (Å²) in [5, 5.41) is 6.30. The molecule has 0 radical (unpaired) electrons. The topological polar surface area (TPSA) is 36.4 Å². The lowest BCUT2D eigenvalue weighted by molar-refractivity contribution is 0.309. The van der Waals surface area contributed by atoms with E-state index in [4.69, 9.17) is 0 Å². The number of nitrogens with zero attached hydrogens (tertiary/aromatic N) is 1. The van der Waals surface area contributed by atoms with Gasteiger partial charge in [-0.2, -0.15) is 0 Å². The summed E-state index contributed by atoms with van der Waals surface area (Å²) in [4.78, 5) is 3.89. The Morgan fingerprint density at radius 2 is 1.27 bits per heavy atom. The van der Waals surface area contributed by atoms with Gasteiger partial charge in [-0.1, -0.05) is 21.3 Å². The Hall–Kier alpha value is -0.410. The van der Waals surface area contributed by atoms with E-state index in [0.717, 1.165) is 17.8 Å². The predicted molar refractivity (Wildman–Crippen MR) is 103 cm³/mol. The molecule has 3 nitrogen and oxygen atoms in total. The normalized spacial score (nSPS) is 19.6. The Labute approximate surface area is 140 Å². The van der Waals surface area contributed by atoms with Crippen molar-refractivity contribution in [2.45, 2.75) is 66.2 Å². The average Bonchev–Trinajstić information content (AvgIpc) is 3.27. The first-order valence-electron chi connectivity index (χ1n) is 8.50. The Balaban J connectivity index is 0. The number of nitrogens with one attached hydrogen (secondary N) is 2. The number of hydrogen-bond acceptors (Lipinski definition) is 3. The Kier molecular flexibility index (Phi) is 16.8. The van der Waals surface area contributed by atoms with Gasteiger partial charge in [-0.3, -0.25) is 0 Å². The van der Waals surface area contributed by atoms with Crippen LogP contribution in [0.5, 0.6) is 0 Å². The number of hydrogen-bond donors (Lipinski definition) is 2. The molecule has 0 heterocycles. The lowest BCUT2D eigenvalue weighted by Gasteiger charge is -2.24. The minimum Gasteiger partial charge on any atom is -0.319 e. The lowest BCUT2D eigenvalue weighted by Crippen LogP contribution is -2.24. The molecule has 3 aliphatic rings. The smallest absolute Gasteiger partial charge is 0.0273 e. The van der Waals surface area contributed by atoms with Crippen molar-refractivity contribution in [2.75, 3.05) is 34.2 Å². The lowest BCUT2D eigenvalue weighted by atomic mass is 9.86. The monoisotopic (exact) mass is 313 g/mol. The maximum absolute atomic E-state index is 3.89. The van der Waals surface area contributed by atoms with Crippen molar-refractivity contribution in [1.29, 1.82) is 0 Å². The molecule has 0 bridgehead atoms. The van der Waals surface area contributed by atoms with Crippen LogP contribution >= 0.6 is 0 Å². The van der Waals surface area contributed by atoms with Crippen LogP contribution in [0.2, 0.25) is 0 Å². The van der Waals surface area contributed by atoms with Crippen LogP contribution in [0.25, 0.3) is 0 Å². The maximum atomic E-state index is 3.89. The molecule has 0 aromatic carbocycles. The summed E-state index contributed by atoms with van der Waals surface area (Å²) < 4.78 is 0. The molecule has 0 saturated heterocycles. The van der Waals surface area contributed by atoms with Crippen molar-refractivity contribution in [3.63, 3.8) is 0 Å². The van der Waals surface area contributed by atoms with Crippen molar-refractivity contribution >= 4 is 6.21 Å². The number of rotatable bonds is 6. The second-order valence-electron chi connectivity index (χ2n) is 6.48. The van der Waals surface area contributed by atoms with E-state index in [2.05, 4.69) is 15.6 Å². The number of aliphatic imine (C=N–C) groups is 1. The van der Waals surface area contributed by atoms with Gasteiger partial charge in [-0.05, 0) is 96.1 Å². The largest absolute Gasteiger partial charge is 0.319 e. The quantitative estimate of drug-likeness (QED) is 0.714. The molecule has 22 heavy (non-hydrogen) atoms. The highest BCUT2D eigenvalue weighted by molar-refractivity contribution is 5.57. The third kappa shape index (κ3) is 14.5. The molecule has 0 aromatic rings. The van der Waals surface area contributed by atoms with E-state index in [1.165, 1.54) is 64.5 Å². The predicted octanol–water partition coefficient (Wildman–Crippen LogP) is 4.38. The summed E-state index contributed by atoms with van der Waals surface area (Å²) in [6.07, 6.45) is 13.4. The summed E-state index contributed by atoms with van der Waals surface area (Å²) in [7, 11) is 5.87. The first-order valence-corrected chi connectivity index (χ1v) is 8.50. The standard InChI is InChI=1S/C6H11N.C6H13N.C5H11N.2CH4/c1-7-5-4-6-2-3-6;1-7-5-6-3-2-4-6;1-6-4-5-2-3-5;;/h5-6H,2-4H2,1H3;6-7H,2-5H2,1H3;5-6H,2-4H2,1H3;2*1H4. The van der Waals surface area contributed by atoms with E-state index in [-0.39, 0.29) is 14.9 Å². The molecule has 3 aliphatic carbocycles. The highest BCUT2D eigenvalue weighted by Crippen LogP contribution is 2.31. The zero-order valence-electron chi connectivity index (χ0n) is 13.8. The molecule has 3 saturated carbocycles. The zero-order valence-corrected chi connectivity index (χ0v) is 13.8. The van der Waals surface area contributed by atoms with Crippen LogP contribution < -0.4 is 10.6 Å². The Morgan fingerprint density at radius 1 is 0.818 bits per heavy atom. The van der Waals surface area contributed by atoms with E-state index in [1.807, 2.05) is 27.4 Å². The molecule has 0 unspecified atom stereocenters. The van der Waals surface area contributed by atoms with Gasteiger partial charge in [0.25, 0.3) is 0 Å². The molecule has 3 rings (SSSR count). The van der Waals surface area contributed by atoms with Crippen molar-refractivity contribution < 1.29 is 0 Å². The first kappa shape index (κ1) is 23.9. The van der Waals surface area contributed by atoms with Crippen molar-refractivity contribution in [3.8, 4) is 0 Å². The van der Waals surface area contributed by atoms with Gasteiger partial charge in [-0.25, -0.2) is 0 Å². The van der Waals surface area contributed by atoms with Crippen LogP contribution in [0.4, 0.5) is 0 Å². The van der Waals surface area contributed by atoms with Gasteiger partial charge in [0.15, 0.2) is 0 Å². The summed E-state index contributed by atoms with van der Waals surface area (Å²) in [5.41, 5.74) is 0. The Bertz CT molecular complexity index is 241. The molecule has 0 aliphatic heterocycles. The van der Waals surface area contributed by atoms with Crippen molar-refractivity contribution in [3.05, 3.63) is 0 Å². The summed E-state index contributed by atoms with van der Waals surface area (Å²) in [6.45, 7) is 2.47. The third-order valence-corrected chi connectivity index (χ3v) is 4.23. The third-order valence-electron chi connectivity index (χ3n) is 4.23. The second kappa shape index (κ2) is 15.5. The summed E-state index contributed by atoms with van der Waals surface area (Å²) >= 11 is 0. The van der Waals surface area contributed by atoms with Crippen LogP contribution in [0, 0.1) is 17.8 Å². The fraction of sp³-hybridized carbons (Fsp3) is 0.947. The van der Waals surface area contributed by atoms with Crippen LogP contribution in [-0.4, -0.2) is 40.4 Å². The summed E-state index contributed by atoms with van der Waals surface area (Å²) in [5.74, 6) is 3.06. The fourth-order valence-electron chi connectivity index (χ4n) is 2.20. The molecular formula is C19H43N3. The molecule has 0 atom stereocenters. The first-order chi connectivity index (χ1) is 9.80.